The molecule has 1 N–H and O–H groups in total. The lowest BCUT2D eigenvalue weighted by Gasteiger charge is -2.10. The molecule has 2 aromatic rings. The molecule has 0 unspecified atom stereocenters. The molecule has 0 radical (unpaired) electrons. The number of nitro benzene ring substituents is 1. The molecule has 0 saturated carbocycles. The second-order valence-corrected chi connectivity index (χ2v) is 4.16. The monoisotopic (exact) mass is 292 g/mol. The van der Waals surface area contributed by atoms with E-state index in [-0.39, 0.29) is 5.88 Å². The van der Waals surface area contributed by atoms with Crippen molar-refractivity contribution in [1.82, 2.24) is 9.97 Å². The van der Waals surface area contributed by atoms with Crippen LogP contribution < -0.4 is 10.1 Å². The fourth-order valence-corrected chi connectivity index (χ4v) is 1.61. The highest BCUT2D eigenvalue weighted by atomic mass is 19.1. The highest BCUT2D eigenvalue weighted by Gasteiger charge is 2.21. The number of nitro groups is 1. The van der Waals surface area contributed by atoms with E-state index in [9.17, 15) is 14.5 Å². The van der Waals surface area contributed by atoms with Gasteiger partial charge in [0.05, 0.1) is 4.92 Å². The smallest absolute Gasteiger partial charge is 0.314 e. The zero-order valence-corrected chi connectivity index (χ0v) is 11.5. The summed E-state index contributed by atoms with van der Waals surface area (Å²) >= 11 is 0. The SMILES string of the molecule is CCNc1ncc(C)c(Oc2c(F)cccc2[N+](=O)[O-])n1. The van der Waals surface area contributed by atoms with Crippen LogP contribution in [-0.4, -0.2) is 21.4 Å². The van der Waals surface area contributed by atoms with Crippen molar-refractivity contribution in [2.75, 3.05) is 11.9 Å². The maximum absolute atomic E-state index is 13.8. The van der Waals surface area contributed by atoms with Gasteiger partial charge in [-0.05, 0) is 19.9 Å². The summed E-state index contributed by atoms with van der Waals surface area (Å²) in [6.45, 7) is 4.13. The quantitative estimate of drug-likeness (QED) is 0.672. The van der Waals surface area contributed by atoms with Crippen molar-refractivity contribution in [1.29, 1.82) is 0 Å². The molecule has 2 rings (SSSR count). The fourth-order valence-electron chi connectivity index (χ4n) is 1.61. The third-order valence-electron chi connectivity index (χ3n) is 2.60. The molecule has 7 nitrogen and oxygen atoms in total. The molecule has 0 bridgehead atoms. The maximum Gasteiger partial charge on any atom is 0.314 e. The number of rotatable bonds is 5. The summed E-state index contributed by atoms with van der Waals surface area (Å²) in [7, 11) is 0. The van der Waals surface area contributed by atoms with E-state index in [1.54, 1.807) is 6.92 Å². The number of ether oxygens (including phenoxy) is 1. The van der Waals surface area contributed by atoms with Gasteiger partial charge in [0.1, 0.15) is 0 Å². The molecule has 0 saturated heterocycles. The van der Waals surface area contributed by atoms with Gasteiger partial charge in [0.25, 0.3) is 0 Å². The number of hydrogen-bond acceptors (Lipinski definition) is 6. The molecule has 0 spiro atoms. The largest absolute Gasteiger partial charge is 0.428 e. The number of para-hydroxylation sites is 1. The highest BCUT2D eigenvalue weighted by molar-refractivity contribution is 5.49. The van der Waals surface area contributed by atoms with Crippen LogP contribution in [0.15, 0.2) is 24.4 Å². The molecule has 110 valence electrons. The van der Waals surface area contributed by atoms with E-state index >= 15 is 0 Å². The van der Waals surface area contributed by atoms with Crippen LogP contribution in [0.5, 0.6) is 11.6 Å². The van der Waals surface area contributed by atoms with Crippen LogP contribution in [0.2, 0.25) is 0 Å². The normalized spacial score (nSPS) is 10.2. The van der Waals surface area contributed by atoms with Crippen molar-refractivity contribution < 1.29 is 14.1 Å². The molecule has 0 aliphatic carbocycles. The van der Waals surface area contributed by atoms with Crippen molar-refractivity contribution in [2.45, 2.75) is 13.8 Å². The summed E-state index contributed by atoms with van der Waals surface area (Å²) in [5.41, 5.74) is 0.0761. The maximum atomic E-state index is 13.8. The van der Waals surface area contributed by atoms with Crippen molar-refractivity contribution >= 4 is 11.6 Å². The van der Waals surface area contributed by atoms with E-state index in [1.165, 1.54) is 18.3 Å². The number of nitrogens with one attached hydrogen (secondary N) is 1. The Morgan fingerprint density at radius 2 is 2.24 bits per heavy atom. The minimum absolute atomic E-state index is 0.0640. The number of nitrogens with zero attached hydrogens (tertiary/aromatic N) is 3. The highest BCUT2D eigenvalue weighted by Crippen LogP contribution is 2.34. The number of hydrogen-bond donors (Lipinski definition) is 1. The van der Waals surface area contributed by atoms with Crippen LogP contribution in [0.25, 0.3) is 0 Å². The van der Waals surface area contributed by atoms with Crippen molar-refractivity contribution in [3.63, 3.8) is 0 Å². The molecular formula is C13H13FN4O3. The second kappa shape index (κ2) is 6.12. The standard InChI is InChI=1S/C13H13FN4O3/c1-3-15-13-16-7-8(2)12(17-13)21-11-9(14)5-4-6-10(11)18(19)20/h4-7H,3H2,1-2H3,(H,15,16,17). The number of anilines is 1. The lowest BCUT2D eigenvalue weighted by molar-refractivity contribution is -0.385. The molecule has 1 aromatic carbocycles. The van der Waals surface area contributed by atoms with Crippen LogP contribution >= 0.6 is 0 Å². The third kappa shape index (κ3) is 3.22. The van der Waals surface area contributed by atoms with Gasteiger partial charge in [-0.1, -0.05) is 6.07 Å². The van der Waals surface area contributed by atoms with Gasteiger partial charge in [-0.2, -0.15) is 4.98 Å². The Morgan fingerprint density at radius 3 is 2.90 bits per heavy atom. The number of benzene rings is 1. The molecular weight excluding hydrogens is 279 g/mol. The first-order valence-electron chi connectivity index (χ1n) is 6.21. The molecule has 0 atom stereocenters. The lowest BCUT2D eigenvalue weighted by atomic mass is 10.3. The third-order valence-corrected chi connectivity index (χ3v) is 2.60. The van der Waals surface area contributed by atoms with E-state index in [2.05, 4.69) is 15.3 Å². The predicted molar refractivity (Wildman–Crippen MR) is 74.1 cm³/mol. The Kier molecular flexibility index (Phi) is 4.27. The molecule has 8 heteroatoms. The number of halogens is 1. The van der Waals surface area contributed by atoms with Crippen LogP contribution in [0.3, 0.4) is 0 Å². The topological polar surface area (TPSA) is 90.2 Å². The van der Waals surface area contributed by atoms with E-state index in [0.29, 0.717) is 18.1 Å². The molecule has 0 aliphatic rings. The molecule has 1 aromatic heterocycles. The lowest BCUT2D eigenvalue weighted by Crippen LogP contribution is -2.04. The first-order valence-corrected chi connectivity index (χ1v) is 6.21. The second-order valence-electron chi connectivity index (χ2n) is 4.16. The van der Waals surface area contributed by atoms with Gasteiger partial charge in [-0.15, -0.1) is 0 Å². The zero-order valence-electron chi connectivity index (χ0n) is 11.5. The predicted octanol–water partition coefficient (Wildman–Crippen LogP) is 3.06. The Morgan fingerprint density at radius 1 is 1.48 bits per heavy atom. The van der Waals surface area contributed by atoms with Gasteiger partial charge in [0, 0.05) is 24.4 Å². The Balaban J connectivity index is 2.42. The summed E-state index contributed by atoms with van der Waals surface area (Å²) in [5, 5.41) is 13.8. The fraction of sp³-hybridized carbons (Fsp3) is 0.231. The zero-order chi connectivity index (χ0) is 15.4. The molecule has 21 heavy (non-hydrogen) atoms. The van der Waals surface area contributed by atoms with E-state index < -0.39 is 22.2 Å². The van der Waals surface area contributed by atoms with Gasteiger partial charge in [-0.25, -0.2) is 9.37 Å². The van der Waals surface area contributed by atoms with E-state index in [1.807, 2.05) is 6.92 Å². The van der Waals surface area contributed by atoms with Gasteiger partial charge in [0.2, 0.25) is 17.6 Å². The summed E-state index contributed by atoms with van der Waals surface area (Å²) in [4.78, 5) is 18.3. The van der Waals surface area contributed by atoms with Crippen molar-refractivity contribution in [2.24, 2.45) is 0 Å². The Bertz CT molecular complexity index is 678. The van der Waals surface area contributed by atoms with Crippen molar-refractivity contribution in [3.05, 3.63) is 45.9 Å². The Labute approximate surface area is 120 Å². The van der Waals surface area contributed by atoms with Gasteiger partial charge in [-0.3, -0.25) is 10.1 Å². The first kappa shape index (κ1) is 14.6. The molecule has 0 aliphatic heterocycles. The van der Waals surface area contributed by atoms with Crippen LogP contribution in [0.4, 0.5) is 16.0 Å². The Hall–Kier alpha value is -2.77. The van der Waals surface area contributed by atoms with E-state index in [4.69, 9.17) is 4.74 Å². The van der Waals surface area contributed by atoms with Gasteiger partial charge in [0.15, 0.2) is 5.82 Å². The molecule has 0 amide bonds. The van der Waals surface area contributed by atoms with Crippen LogP contribution in [0.1, 0.15) is 12.5 Å². The van der Waals surface area contributed by atoms with Crippen LogP contribution in [-0.2, 0) is 0 Å². The summed E-state index contributed by atoms with van der Waals surface area (Å²) in [5.74, 6) is -0.926. The minimum atomic E-state index is -0.827. The average molecular weight is 292 g/mol. The summed E-state index contributed by atoms with van der Waals surface area (Å²) in [6, 6.07) is 3.50. The number of aromatic nitrogens is 2. The minimum Gasteiger partial charge on any atom is -0.428 e. The van der Waals surface area contributed by atoms with Crippen molar-refractivity contribution in [3.8, 4) is 11.6 Å². The van der Waals surface area contributed by atoms with Gasteiger partial charge >= 0.3 is 5.69 Å². The summed E-state index contributed by atoms with van der Waals surface area (Å²) in [6.07, 6.45) is 1.49. The van der Waals surface area contributed by atoms with E-state index in [0.717, 1.165) is 6.07 Å². The first-order chi connectivity index (χ1) is 10.0. The average Bonchev–Trinajstić information content (AvgIpc) is 2.44. The van der Waals surface area contributed by atoms with Gasteiger partial charge < -0.3 is 10.1 Å². The summed E-state index contributed by atoms with van der Waals surface area (Å²) < 4.78 is 19.1. The van der Waals surface area contributed by atoms with Crippen LogP contribution in [0, 0.1) is 22.9 Å². The molecule has 0 fully saturated rings. The number of aryl methyl sites for hydroxylation is 1. The molecule has 1 heterocycles.